The van der Waals surface area contributed by atoms with Crippen LogP contribution in [0.3, 0.4) is 0 Å². The van der Waals surface area contributed by atoms with Crippen LogP contribution in [0.4, 0.5) is 11.4 Å². The van der Waals surface area contributed by atoms with Crippen LogP contribution in [0.15, 0.2) is 53.4 Å². The summed E-state index contributed by atoms with van der Waals surface area (Å²) in [6.07, 6.45) is 0.791. The summed E-state index contributed by atoms with van der Waals surface area (Å²) in [7, 11) is -3.73. The molecule has 0 spiro atoms. The second-order valence-electron chi connectivity index (χ2n) is 5.11. The molecular weight excluding hydrogens is 330 g/mol. The summed E-state index contributed by atoms with van der Waals surface area (Å²) in [5.74, 6) is 0.402. The zero-order valence-corrected chi connectivity index (χ0v) is 13.8. The smallest absolute Gasteiger partial charge is 0.238 e. The lowest BCUT2D eigenvalue weighted by Gasteiger charge is -2.09. The summed E-state index contributed by atoms with van der Waals surface area (Å²) in [4.78, 5) is 11.8. The fourth-order valence-electron chi connectivity index (χ4n) is 1.98. The molecule has 0 radical (unpaired) electrons. The number of carbonyl (C=O) groups excluding carboxylic acids is 1. The topological polar surface area (TPSA) is 125 Å². The van der Waals surface area contributed by atoms with E-state index in [1.54, 1.807) is 12.1 Å². The van der Waals surface area contributed by atoms with Crippen molar-refractivity contribution in [1.82, 2.24) is 0 Å². The highest BCUT2D eigenvalue weighted by Crippen LogP contribution is 2.20. The van der Waals surface area contributed by atoms with Crippen LogP contribution in [0, 0.1) is 0 Å². The van der Waals surface area contributed by atoms with Gasteiger partial charge < -0.3 is 15.8 Å². The van der Waals surface area contributed by atoms with Crippen molar-refractivity contribution in [1.29, 1.82) is 0 Å². The van der Waals surface area contributed by atoms with Crippen LogP contribution in [0.2, 0.25) is 0 Å². The van der Waals surface area contributed by atoms with Gasteiger partial charge in [0.15, 0.2) is 0 Å². The maximum absolute atomic E-state index is 11.8. The van der Waals surface area contributed by atoms with Crippen LogP contribution in [0.5, 0.6) is 5.75 Å². The number of amides is 1. The van der Waals surface area contributed by atoms with Crippen LogP contribution in [0.25, 0.3) is 0 Å². The zero-order valence-electron chi connectivity index (χ0n) is 12.9. The zero-order chi connectivity index (χ0) is 17.6. The van der Waals surface area contributed by atoms with E-state index in [-0.39, 0.29) is 17.2 Å². The summed E-state index contributed by atoms with van der Waals surface area (Å²) in [6.45, 7) is 0.367. The van der Waals surface area contributed by atoms with Crippen molar-refractivity contribution in [2.75, 3.05) is 17.7 Å². The Morgan fingerprint density at radius 2 is 1.75 bits per heavy atom. The number of nitrogen functional groups attached to an aromatic ring is 1. The monoisotopic (exact) mass is 349 g/mol. The predicted octanol–water partition coefficient (Wildman–Crippen LogP) is 1.71. The molecule has 0 bridgehead atoms. The Balaban J connectivity index is 1.76. The van der Waals surface area contributed by atoms with Crippen LogP contribution in [-0.4, -0.2) is 20.9 Å². The van der Waals surface area contributed by atoms with E-state index in [9.17, 15) is 13.2 Å². The third kappa shape index (κ3) is 5.25. The summed E-state index contributed by atoms with van der Waals surface area (Å²) in [5, 5.41) is 7.69. The molecule has 0 fully saturated rings. The molecule has 0 aromatic heterocycles. The maximum Gasteiger partial charge on any atom is 0.238 e. The van der Waals surface area contributed by atoms with Crippen LogP contribution >= 0.6 is 0 Å². The molecule has 0 atom stereocenters. The van der Waals surface area contributed by atoms with E-state index in [2.05, 4.69) is 5.32 Å². The Morgan fingerprint density at radius 3 is 2.38 bits per heavy atom. The van der Waals surface area contributed by atoms with E-state index in [4.69, 9.17) is 15.6 Å². The number of nitrogens with one attached hydrogen (secondary N) is 1. The average molecular weight is 349 g/mol. The van der Waals surface area contributed by atoms with Gasteiger partial charge in [-0.2, -0.15) is 0 Å². The number of nitrogens with two attached hydrogens (primary N) is 2. The van der Waals surface area contributed by atoms with Gasteiger partial charge in [-0.3, -0.25) is 4.79 Å². The van der Waals surface area contributed by atoms with E-state index < -0.39 is 10.0 Å². The number of ether oxygens (including phenoxy) is 1. The van der Waals surface area contributed by atoms with E-state index >= 15 is 0 Å². The van der Waals surface area contributed by atoms with Crippen LogP contribution in [0.1, 0.15) is 12.8 Å². The Bertz CT molecular complexity index is 804. The average Bonchev–Trinajstić information content (AvgIpc) is 2.53. The minimum Gasteiger partial charge on any atom is -0.491 e. The van der Waals surface area contributed by atoms with Gasteiger partial charge in [-0.25, -0.2) is 13.6 Å². The van der Waals surface area contributed by atoms with Gasteiger partial charge in [0.05, 0.1) is 17.2 Å². The quantitative estimate of drug-likeness (QED) is 0.518. The number of carbonyl (C=O) groups is 1. The minimum absolute atomic E-state index is 0.00523. The van der Waals surface area contributed by atoms with Crippen molar-refractivity contribution in [3.05, 3.63) is 48.5 Å². The normalized spacial score (nSPS) is 11.0. The molecule has 7 nitrogen and oxygen atoms in total. The Kier molecular flexibility index (Phi) is 5.78. The Labute approximate surface area is 140 Å². The molecule has 2 aromatic rings. The summed E-state index contributed by atoms with van der Waals surface area (Å²) in [6, 6.07) is 12.8. The Morgan fingerprint density at radius 1 is 1.08 bits per heavy atom. The van der Waals surface area contributed by atoms with Gasteiger partial charge in [0.2, 0.25) is 15.9 Å². The molecule has 128 valence electrons. The van der Waals surface area contributed by atoms with Crippen molar-refractivity contribution in [2.24, 2.45) is 5.14 Å². The number of hydrogen-bond acceptors (Lipinski definition) is 5. The summed E-state index contributed by atoms with van der Waals surface area (Å²) in [5.41, 5.74) is 6.80. The van der Waals surface area contributed by atoms with E-state index in [1.807, 2.05) is 12.1 Å². The van der Waals surface area contributed by atoms with E-state index in [0.29, 0.717) is 30.2 Å². The molecule has 1 amide bonds. The molecule has 24 heavy (non-hydrogen) atoms. The van der Waals surface area contributed by atoms with Gasteiger partial charge in [0.25, 0.3) is 0 Å². The standard InChI is InChI=1S/C16H19N3O4S/c17-14-4-1-2-5-15(14)23-11-3-6-16(20)19-12-7-9-13(10-8-12)24(18,21)22/h1-2,4-5,7-10H,3,6,11,17H2,(H,19,20)(H2,18,21,22). The summed E-state index contributed by atoms with van der Waals surface area (Å²) < 4.78 is 27.8. The van der Waals surface area contributed by atoms with Gasteiger partial charge in [0, 0.05) is 12.1 Å². The lowest BCUT2D eigenvalue weighted by molar-refractivity contribution is -0.116. The number of anilines is 2. The molecule has 0 heterocycles. The van der Waals surface area contributed by atoms with Gasteiger partial charge in [-0.15, -0.1) is 0 Å². The number of sulfonamides is 1. The highest BCUT2D eigenvalue weighted by atomic mass is 32.2. The lowest BCUT2D eigenvalue weighted by Crippen LogP contribution is -2.14. The third-order valence-corrected chi connectivity index (χ3v) is 4.12. The number of rotatable bonds is 7. The van der Waals surface area contributed by atoms with Crippen LogP contribution in [-0.2, 0) is 14.8 Å². The molecule has 5 N–H and O–H groups in total. The predicted molar refractivity (Wildman–Crippen MR) is 92.0 cm³/mol. The first kappa shape index (κ1) is 17.8. The summed E-state index contributed by atoms with van der Waals surface area (Å²) >= 11 is 0. The van der Waals surface area contributed by atoms with Gasteiger partial charge in [-0.05, 0) is 42.8 Å². The van der Waals surface area contributed by atoms with Crippen molar-refractivity contribution < 1.29 is 17.9 Å². The van der Waals surface area contributed by atoms with Gasteiger partial charge in [0.1, 0.15) is 5.75 Å². The van der Waals surface area contributed by atoms with E-state index in [0.717, 1.165) is 0 Å². The van der Waals surface area contributed by atoms with Crippen molar-refractivity contribution in [2.45, 2.75) is 17.7 Å². The third-order valence-electron chi connectivity index (χ3n) is 3.19. The van der Waals surface area contributed by atoms with Crippen LogP contribution < -0.4 is 20.9 Å². The molecule has 0 unspecified atom stereocenters. The fraction of sp³-hybridized carbons (Fsp3) is 0.188. The molecule has 0 aliphatic rings. The molecule has 2 aromatic carbocycles. The first-order valence-corrected chi connectivity index (χ1v) is 8.81. The largest absolute Gasteiger partial charge is 0.491 e. The Hall–Kier alpha value is -2.58. The maximum atomic E-state index is 11.8. The number of hydrogen-bond donors (Lipinski definition) is 3. The van der Waals surface area contributed by atoms with Gasteiger partial charge in [-0.1, -0.05) is 12.1 Å². The highest BCUT2D eigenvalue weighted by molar-refractivity contribution is 7.89. The van der Waals surface area contributed by atoms with E-state index in [1.165, 1.54) is 24.3 Å². The highest BCUT2D eigenvalue weighted by Gasteiger charge is 2.08. The fourth-order valence-corrected chi connectivity index (χ4v) is 2.49. The second kappa shape index (κ2) is 7.80. The first-order valence-electron chi connectivity index (χ1n) is 7.26. The molecule has 8 heteroatoms. The SMILES string of the molecule is Nc1ccccc1OCCCC(=O)Nc1ccc(S(N)(=O)=O)cc1. The molecule has 0 saturated heterocycles. The first-order chi connectivity index (χ1) is 11.4. The molecular formula is C16H19N3O4S. The number of primary sulfonamides is 1. The van der Waals surface area contributed by atoms with Gasteiger partial charge >= 0.3 is 0 Å². The lowest BCUT2D eigenvalue weighted by atomic mass is 10.2. The number of para-hydroxylation sites is 2. The van der Waals surface area contributed by atoms with Crippen molar-refractivity contribution in [3.8, 4) is 5.75 Å². The molecule has 0 aliphatic heterocycles. The van der Waals surface area contributed by atoms with Crippen molar-refractivity contribution >= 4 is 27.3 Å². The molecule has 2 rings (SSSR count). The minimum atomic E-state index is -3.73. The second-order valence-corrected chi connectivity index (χ2v) is 6.67. The number of benzene rings is 2. The molecule has 0 aliphatic carbocycles. The molecule has 0 saturated carbocycles. The van der Waals surface area contributed by atoms with Crippen molar-refractivity contribution in [3.63, 3.8) is 0 Å².